The van der Waals surface area contributed by atoms with Crippen molar-refractivity contribution >= 4 is 11.9 Å². The molecule has 2 saturated carbocycles. The van der Waals surface area contributed by atoms with Crippen molar-refractivity contribution in [2.45, 2.75) is 25.8 Å². The number of methoxy groups -OCH3 is 2. The lowest BCUT2D eigenvalue weighted by Crippen LogP contribution is -2.41. The number of benzene rings is 1. The number of amides is 1. The second kappa shape index (κ2) is 6.71. The number of carboxylic acids is 1. The summed E-state index contributed by atoms with van der Waals surface area (Å²) in [4.78, 5) is 24.1. The Labute approximate surface area is 141 Å². The van der Waals surface area contributed by atoms with Crippen molar-refractivity contribution in [1.82, 2.24) is 5.32 Å². The van der Waals surface area contributed by atoms with Gasteiger partial charge in [-0.2, -0.15) is 0 Å². The van der Waals surface area contributed by atoms with Gasteiger partial charge in [-0.15, -0.1) is 0 Å². The van der Waals surface area contributed by atoms with E-state index in [0.717, 1.165) is 24.8 Å². The SMILES string of the molecule is COc1ccc(CNC(=O)[C@H]2[C@H]3CC[C@@H](C3)[C@H]2C(=O)O)cc1OC. The molecule has 2 aliphatic carbocycles. The van der Waals surface area contributed by atoms with Gasteiger partial charge < -0.3 is 19.9 Å². The van der Waals surface area contributed by atoms with Crippen LogP contribution in [0.3, 0.4) is 0 Å². The second-order valence-corrected chi connectivity index (χ2v) is 6.63. The second-order valence-electron chi connectivity index (χ2n) is 6.63. The molecule has 2 aliphatic rings. The maximum absolute atomic E-state index is 12.6. The van der Waals surface area contributed by atoms with Crippen LogP contribution in [0, 0.1) is 23.7 Å². The molecule has 0 radical (unpaired) electrons. The van der Waals surface area contributed by atoms with E-state index in [0.29, 0.717) is 18.0 Å². The average molecular weight is 333 g/mol. The van der Waals surface area contributed by atoms with E-state index in [1.807, 2.05) is 12.1 Å². The van der Waals surface area contributed by atoms with Gasteiger partial charge in [-0.3, -0.25) is 9.59 Å². The monoisotopic (exact) mass is 333 g/mol. The molecule has 1 amide bonds. The Hall–Kier alpha value is -2.24. The number of carbonyl (C=O) groups is 2. The molecular formula is C18H23NO5. The van der Waals surface area contributed by atoms with Crippen LogP contribution in [0.15, 0.2) is 18.2 Å². The lowest BCUT2D eigenvalue weighted by molar-refractivity contribution is -0.149. The first-order valence-electron chi connectivity index (χ1n) is 8.26. The van der Waals surface area contributed by atoms with Crippen molar-refractivity contribution in [2.75, 3.05) is 14.2 Å². The normalized spacial score (nSPS) is 27.8. The summed E-state index contributed by atoms with van der Waals surface area (Å²) in [5, 5.41) is 12.4. The number of hydrogen-bond donors (Lipinski definition) is 2. The lowest BCUT2D eigenvalue weighted by Gasteiger charge is -2.27. The molecule has 3 rings (SSSR count). The quantitative estimate of drug-likeness (QED) is 0.832. The summed E-state index contributed by atoms with van der Waals surface area (Å²) in [6, 6.07) is 5.46. The van der Waals surface area contributed by atoms with E-state index >= 15 is 0 Å². The van der Waals surface area contributed by atoms with E-state index in [2.05, 4.69) is 5.32 Å². The number of hydrogen-bond acceptors (Lipinski definition) is 4. The Balaban J connectivity index is 1.66. The maximum Gasteiger partial charge on any atom is 0.307 e. The predicted octanol–water partition coefficient (Wildman–Crippen LogP) is 2.07. The third-order valence-electron chi connectivity index (χ3n) is 5.42. The zero-order chi connectivity index (χ0) is 17.3. The summed E-state index contributed by atoms with van der Waals surface area (Å²) >= 11 is 0. The molecule has 24 heavy (non-hydrogen) atoms. The molecule has 0 unspecified atom stereocenters. The van der Waals surface area contributed by atoms with Crippen molar-refractivity contribution in [2.24, 2.45) is 23.7 Å². The number of carbonyl (C=O) groups excluding carboxylic acids is 1. The Kier molecular flexibility index (Phi) is 4.64. The Morgan fingerprint density at radius 1 is 1.12 bits per heavy atom. The van der Waals surface area contributed by atoms with Gasteiger partial charge in [0.1, 0.15) is 0 Å². The van der Waals surface area contributed by atoms with Crippen LogP contribution in [0.1, 0.15) is 24.8 Å². The molecule has 4 atom stereocenters. The molecule has 0 aromatic heterocycles. The van der Waals surface area contributed by atoms with Crippen LogP contribution in [-0.4, -0.2) is 31.2 Å². The standard InChI is InChI=1S/C18H23NO5/c1-23-13-6-3-10(7-14(13)24-2)9-19-17(20)15-11-4-5-12(8-11)16(15)18(21)22/h3,6-7,11-12,15-16H,4-5,8-9H2,1-2H3,(H,19,20)(H,21,22)/t11-,12-,15-,16+/m0/s1. The van der Waals surface area contributed by atoms with Crippen LogP contribution in [0.25, 0.3) is 0 Å². The predicted molar refractivity (Wildman–Crippen MR) is 86.8 cm³/mol. The molecule has 2 fully saturated rings. The molecule has 0 spiro atoms. The molecule has 6 nitrogen and oxygen atoms in total. The lowest BCUT2D eigenvalue weighted by atomic mass is 9.78. The van der Waals surface area contributed by atoms with Gasteiger partial charge in [0.25, 0.3) is 0 Å². The number of aliphatic carboxylic acids is 1. The molecule has 2 bridgehead atoms. The van der Waals surface area contributed by atoms with E-state index in [4.69, 9.17) is 9.47 Å². The highest BCUT2D eigenvalue weighted by Crippen LogP contribution is 2.52. The summed E-state index contributed by atoms with van der Waals surface area (Å²) in [5.74, 6) is -0.321. The molecule has 0 heterocycles. The summed E-state index contributed by atoms with van der Waals surface area (Å²) in [7, 11) is 3.13. The first-order chi connectivity index (χ1) is 11.5. The van der Waals surface area contributed by atoms with Crippen LogP contribution in [-0.2, 0) is 16.1 Å². The molecular weight excluding hydrogens is 310 g/mol. The smallest absolute Gasteiger partial charge is 0.307 e. The summed E-state index contributed by atoms with van der Waals surface area (Å²) in [5.41, 5.74) is 0.885. The van der Waals surface area contributed by atoms with Crippen LogP contribution in [0.4, 0.5) is 0 Å². The topological polar surface area (TPSA) is 84.9 Å². The number of nitrogens with one attached hydrogen (secondary N) is 1. The Bertz CT molecular complexity index is 644. The van der Waals surface area contributed by atoms with Crippen molar-refractivity contribution < 1.29 is 24.2 Å². The van der Waals surface area contributed by atoms with E-state index < -0.39 is 17.8 Å². The van der Waals surface area contributed by atoms with Gasteiger partial charge in [0.2, 0.25) is 5.91 Å². The number of fused-ring (bicyclic) bond motifs is 2. The molecule has 130 valence electrons. The molecule has 0 saturated heterocycles. The van der Waals surface area contributed by atoms with E-state index in [1.54, 1.807) is 20.3 Å². The maximum atomic E-state index is 12.6. The summed E-state index contributed by atoms with van der Waals surface area (Å²) < 4.78 is 10.5. The minimum atomic E-state index is -0.839. The van der Waals surface area contributed by atoms with Gasteiger partial charge in [-0.05, 0) is 48.8 Å². The van der Waals surface area contributed by atoms with Crippen LogP contribution < -0.4 is 14.8 Å². The van der Waals surface area contributed by atoms with Crippen molar-refractivity contribution in [3.05, 3.63) is 23.8 Å². The zero-order valence-electron chi connectivity index (χ0n) is 14.0. The third-order valence-corrected chi connectivity index (χ3v) is 5.42. The van der Waals surface area contributed by atoms with Crippen LogP contribution in [0.5, 0.6) is 11.5 Å². The fourth-order valence-corrected chi connectivity index (χ4v) is 4.32. The highest BCUT2D eigenvalue weighted by molar-refractivity contribution is 5.86. The Morgan fingerprint density at radius 3 is 2.42 bits per heavy atom. The highest BCUT2D eigenvalue weighted by Gasteiger charge is 2.53. The van der Waals surface area contributed by atoms with Gasteiger partial charge in [0.05, 0.1) is 26.1 Å². The van der Waals surface area contributed by atoms with Gasteiger partial charge >= 0.3 is 5.97 Å². The van der Waals surface area contributed by atoms with Crippen molar-refractivity contribution in [3.8, 4) is 11.5 Å². The van der Waals surface area contributed by atoms with Gasteiger partial charge in [-0.1, -0.05) is 6.07 Å². The number of carboxylic acid groups (broad SMARTS) is 1. The van der Waals surface area contributed by atoms with Crippen molar-refractivity contribution in [3.63, 3.8) is 0 Å². The first kappa shape index (κ1) is 16.6. The molecule has 0 aliphatic heterocycles. The van der Waals surface area contributed by atoms with Gasteiger partial charge in [-0.25, -0.2) is 0 Å². The minimum Gasteiger partial charge on any atom is -0.493 e. The highest BCUT2D eigenvalue weighted by atomic mass is 16.5. The average Bonchev–Trinajstić information content (AvgIpc) is 3.20. The molecule has 1 aromatic rings. The van der Waals surface area contributed by atoms with Crippen LogP contribution >= 0.6 is 0 Å². The Morgan fingerprint density at radius 2 is 1.79 bits per heavy atom. The van der Waals surface area contributed by atoms with E-state index in [1.165, 1.54) is 0 Å². The van der Waals surface area contributed by atoms with Gasteiger partial charge in [0.15, 0.2) is 11.5 Å². The summed E-state index contributed by atoms with van der Waals surface area (Å²) in [6.07, 6.45) is 2.76. The minimum absolute atomic E-state index is 0.149. The fourth-order valence-electron chi connectivity index (χ4n) is 4.32. The zero-order valence-corrected chi connectivity index (χ0v) is 14.0. The largest absolute Gasteiger partial charge is 0.493 e. The van der Waals surface area contributed by atoms with E-state index in [9.17, 15) is 14.7 Å². The van der Waals surface area contributed by atoms with E-state index in [-0.39, 0.29) is 17.7 Å². The van der Waals surface area contributed by atoms with Crippen molar-refractivity contribution in [1.29, 1.82) is 0 Å². The molecule has 2 N–H and O–H groups in total. The van der Waals surface area contributed by atoms with Crippen LogP contribution in [0.2, 0.25) is 0 Å². The first-order valence-corrected chi connectivity index (χ1v) is 8.26. The third kappa shape index (κ3) is 2.92. The number of ether oxygens (including phenoxy) is 2. The number of rotatable bonds is 6. The summed E-state index contributed by atoms with van der Waals surface area (Å²) in [6.45, 7) is 0.347. The molecule has 6 heteroatoms. The van der Waals surface area contributed by atoms with Gasteiger partial charge in [0, 0.05) is 6.54 Å². The molecule has 1 aromatic carbocycles. The fraction of sp³-hybridized carbons (Fsp3) is 0.556.